The van der Waals surface area contributed by atoms with Gasteiger partial charge in [0.2, 0.25) is 11.7 Å². The molecule has 0 saturated carbocycles. The van der Waals surface area contributed by atoms with Gasteiger partial charge in [0.05, 0.1) is 12.1 Å². The number of carbonyl (C=O) groups excluding carboxylic acids is 1. The molecular formula is C11H12N4O2S. The minimum Gasteiger partial charge on any atom is -0.479 e. The molecule has 0 aromatic carbocycles. The lowest BCUT2D eigenvalue weighted by molar-refractivity contribution is 0.102. The Kier molecular flexibility index (Phi) is 3.96. The standard InChI is InChI=1S/C11H12N4O2S/c1-17-11-9(13-4-5-14-11)10(16)7-6-18-8(15-7)2-3-12/h4-6H,2-3,12H2,1H3. The zero-order valence-electron chi connectivity index (χ0n) is 9.79. The molecule has 2 aromatic heterocycles. The maximum Gasteiger partial charge on any atom is 0.243 e. The van der Waals surface area contributed by atoms with Gasteiger partial charge in [-0.15, -0.1) is 11.3 Å². The predicted molar refractivity (Wildman–Crippen MR) is 66.9 cm³/mol. The fourth-order valence-electron chi connectivity index (χ4n) is 1.41. The number of aromatic nitrogens is 3. The van der Waals surface area contributed by atoms with Crippen molar-refractivity contribution < 1.29 is 9.53 Å². The number of ether oxygens (including phenoxy) is 1. The average molecular weight is 264 g/mol. The Morgan fingerprint density at radius 1 is 1.44 bits per heavy atom. The van der Waals surface area contributed by atoms with Crippen molar-refractivity contribution in [3.8, 4) is 5.88 Å². The van der Waals surface area contributed by atoms with E-state index in [0.29, 0.717) is 18.7 Å². The fourth-order valence-corrected chi connectivity index (χ4v) is 2.20. The second kappa shape index (κ2) is 5.65. The highest BCUT2D eigenvalue weighted by Crippen LogP contribution is 2.18. The molecular weight excluding hydrogens is 252 g/mol. The first kappa shape index (κ1) is 12.6. The number of nitrogens with zero attached hydrogens (tertiary/aromatic N) is 3. The topological polar surface area (TPSA) is 91.0 Å². The van der Waals surface area contributed by atoms with Crippen molar-refractivity contribution in [2.75, 3.05) is 13.7 Å². The summed E-state index contributed by atoms with van der Waals surface area (Å²) in [5.74, 6) is -0.0876. The van der Waals surface area contributed by atoms with Crippen LogP contribution in [0.1, 0.15) is 21.2 Å². The van der Waals surface area contributed by atoms with Gasteiger partial charge in [-0.3, -0.25) is 4.79 Å². The van der Waals surface area contributed by atoms with E-state index in [-0.39, 0.29) is 17.4 Å². The minimum atomic E-state index is -0.292. The third-order valence-corrected chi connectivity index (χ3v) is 3.12. The molecule has 0 aliphatic rings. The van der Waals surface area contributed by atoms with Crippen LogP contribution in [0.4, 0.5) is 0 Å². The lowest BCUT2D eigenvalue weighted by Crippen LogP contribution is -2.09. The molecule has 0 spiro atoms. The molecule has 0 bridgehead atoms. The Bertz CT molecular complexity index is 555. The van der Waals surface area contributed by atoms with E-state index in [0.717, 1.165) is 5.01 Å². The molecule has 2 rings (SSSR count). The van der Waals surface area contributed by atoms with Gasteiger partial charge in [-0.2, -0.15) is 0 Å². The summed E-state index contributed by atoms with van der Waals surface area (Å²) in [4.78, 5) is 24.3. The van der Waals surface area contributed by atoms with Gasteiger partial charge in [0.25, 0.3) is 0 Å². The molecule has 7 heteroatoms. The Hall–Kier alpha value is -1.86. The summed E-state index contributed by atoms with van der Waals surface area (Å²) in [5.41, 5.74) is 5.96. The van der Waals surface area contributed by atoms with Crippen LogP contribution in [0.3, 0.4) is 0 Å². The predicted octanol–water partition coefficient (Wildman–Crippen LogP) is 0.674. The molecule has 6 nitrogen and oxygen atoms in total. The summed E-state index contributed by atoms with van der Waals surface area (Å²) in [6, 6.07) is 0. The molecule has 0 radical (unpaired) electrons. The second-order valence-corrected chi connectivity index (χ2v) is 4.35. The number of thiazole rings is 1. The highest BCUT2D eigenvalue weighted by atomic mass is 32.1. The van der Waals surface area contributed by atoms with Gasteiger partial charge in [-0.05, 0) is 6.54 Å². The third-order valence-electron chi connectivity index (χ3n) is 2.22. The Morgan fingerprint density at radius 2 is 2.22 bits per heavy atom. The van der Waals surface area contributed by atoms with E-state index in [4.69, 9.17) is 10.5 Å². The zero-order chi connectivity index (χ0) is 13.0. The summed E-state index contributed by atoms with van der Waals surface area (Å²) in [6.45, 7) is 0.510. The fraction of sp³-hybridized carbons (Fsp3) is 0.273. The minimum absolute atomic E-state index is 0.171. The first-order valence-corrected chi connectivity index (χ1v) is 6.18. The lowest BCUT2D eigenvalue weighted by atomic mass is 10.2. The molecule has 0 fully saturated rings. The lowest BCUT2D eigenvalue weighted by Gasteiger charge is -2.02. The molecule has 0 aliphatic carbocycles. The van der Waals surface area contributed by atoms with Gasteiger partial charge in [0, 0.05) is 24.2 Å². The van der Waals surface area contributed by atoms with E-state index in [9.17, 15) is 4.79 Å². The Balaban J connectivity index is 2.29. The molecule has 0 saturated heterocycles. The number of ketones is 1. The first-order valence-electron chi connectivity index (χ1n) is 5.30. The van der Waals surface area contributed by atoms with E-state index in [1.165, 1.54) is 30.8 Å². The van der Waals surface area contributed by atoms with Gasteiger partial charge in [-0.1, -0.05) is 0 Å². The van der Waals surface area contributed by atoms with E-state index in [1.54, 1.807) is 5.38 Å². The van der Waals surface area contributed by atoms with Crippen LogP contribution in [0.25, 0.3) is 0 Å². The average Bonchev–Trinajstić information content (AvgIpc) is 2.87. The highest BCUT2D eigenvalue weighted by molar-refractivity contribution is 7.09. The van der Waals surface area contributed by atoms with Crippen LogP contribution in [0.15, 0.2) is 17.8 Å². The van der Waals surface area contributed by atoms with Crippen molar-refractivity contribution in [3.05, 3.63) is 34.2 Å². The van der Waals surface area contributed by atoms with Crippen molar-refractivity contribution >= 4 is 17.1 Å². The molecule has 2 heterocycles. The quantitative estimate of drug-likeness (QED) is 0.798. The largest absolute Gasteiger partial charge is 0.479 e. The smallest absolute Gasteiger partial charge is 0.243 e. The zero-order valence-corrected chi connectivity index (χ0v) is 10.6. The number of hydrogen-bond acceptors (Lipinski definition) is 7. The van der Waals surface area contributed by atoms with Crippen LogP contribution in [0.2, 0.25) is 0 Å². The molecule has 2 aromatic rings. The van der Waals surface area contributed by atoms with E-state index in [1.807, 2.05) is 0 Å². The molecule has 0 unspecified atom stereocenters. The van der Waals surface area contributed by atoms with Gasteiger partial charge >= 0.3 is 0 Å². The molecule has 2 N–H and O–H groups in total. The molecule has 0 atom stereocenters. The van der Waals surface area contributed by atoms with Gasteiger partial charge in [0.1, 0.15) is 5.69 Å². The summed E-state index contributed by atoms with van der Waals surface area (Å²) in [7, 11) is 1.45. The van der Waals surface area contributed by atoms with Crippen LogP contribution in [-0.2, 0) is 6.42 Å². The Morgan fingerprint density at radius 3 is 2.94 bits per heavy atom. The van der Waals surface area contributed by atoms with E-state index < -0.39 is 0 Å². The third kappa shape index (κ3) is 2.52. The Labute approximate surface area is 108 Å². The number of rotatable bonds is 5. The number of hydrogen-bond donors (Lipinski definition) is 1. The van der Waals surface area contributed by atoms with E-state index in [2.05, 4.69) is 15.0 Å². The van der Waals surface area contributed by atoms with Gasteiger partial charge in [-0.25, -0.2) is 15.0 Å². The number of nitrogens with two attached hydrogens (primary N) is 1. The monoisotopic (exact) mass is 264 g/mol. The SMILES string of the molecule is COc1nccnc1C(=O)c1csc(CCN)n1. The van der Waals surface area contributed by atoms with Crippen LogP contribution in [-0.4, -0.2) is 34.4 Å². The van der Waals surface area contributed by atoms with E-state index >= 15 is 0 Å². The maximum atomic E-state index is 12.2. The van der Waals surface area contributed by atoms with Crippen molar-refractivity contribution in [3.63, 3.8) is 0 Å². The molecule has 18 heavy (non-hydrogen) atoms. The first-order chi connectivity index (χ1) is 8.76. The van der Waals surface area contributed by atoms with Crippen molar-refractivity contribution in [2.24, 2.45) is 5.73 Å². The van der Waals surface area contributed by atoms with Crippen LogP contribution in [0, 0.1) is 0 Å². The molecule has 94 valence electrons. The number of carbonyl (C=O) groups is 1. The van der Waals surface area contributed by atoms with Gasteiger partial charge < -0.3 is 10.5 Å². The summed E-state index contributed by atoms with van der Waals surface area (Å²) >= 11 is 1.41. The van der Waals surface area contributed by atoms with Crippen LogP contribution < -0.4 is 10.5 Å². The number of methoxy groups -OCH3 is 1. The highest BCUT2D eigenvalue weighted by Gasteiger charge is 2.19. The van der Waals surface area contributed by atoms with Gasteiger partial charge in [0.15, 0.2) is 5.69 Å². The summed E-state index contributed by atoms with van der Waals surface area (Å²) in [6.07, 6.45) is 3.58. The summed E-state index contributed by atoms with van der Waals surface area (Å²) in [5, 5.41) is 2.53. The summed E-state index contributed by atoms with van der Waals surface area (Å²) < 4.78 is 5.00. The van der Waals surface area contributed by atoms with Crippen molar-refractivity contribution in [2.45, 2.75) is 6.42 Å². The maximum absolute atomic E-state index is 12.2. The van der Waals surface area contributed by atoms with Crippen LogP contribution >= 0.6 is 11.3 Å². The second-order valence-electron chi connectivity index (χ2n) is 3.41. The molecule has 0 aliphatic heterocycles. The van der Waals surface area contributed by atoms with Crippen molar-refractivity contribution in [1.82, 2.24) is 15.0 Å². The van der Waals surface area contributed by atoms with Crippen LogP contribution in [0.5, 0.6) is 5.88 Å². The normalized spacial score (nSPS) is 10.3. The van der Waals surface area contributed by atoms with Crippen molar-refractivity contribution in [1.29, 1.82) is 0 Å². The molecule has 0 amide bonds.